The Bertz CT molecular complexity index is 528. The number of nitrogens with zero attached hydrogens (tertiary/aromatic N) is 1. The summed E-state index contributed by atoms with van der Waals surface area (Å²) in [4.78, 5) is 13.0. The van der Waals surface area contributed by atoms with E-state index >= 15 is 0 Å². The van der Waals surface area contributed by atoms with Gasteiger partial charge < -0.3 is 5.11 Å². The maximum atomic E-state index is 13.7. The molecule has 1 fully saturated rings. The van der Waals surface area contributed by atoms with Crippen molar-refractivity contribution in [1.29, 1.82) is 0 Å². The second-order valence-electron chi connectivity index (χ2n) is 5.59. The second-order valence-corrected chi connectivity index (χ2v) is 5.59. The van der Waals surface area contributed by atoms with Crippen LogP contribution in [0.4, 0.5) is 4.39 Å². The Morgan fingerprint density at radius 1 is 1.43 bits per heavy atom. The normalized spacial score (nSPS) is 20.0. The van der Waals surface area contributed by atoms with E-state index in [2.05, 4.69) is 11.8 Å². The van der Waals surface area contributed by atoms with E-state index in [-0.39, 0.29) is 5.82 Å². The first-order chi connectivity index (χ1) is 10.1. The summed E-state index contributed by atoms with van der Waals surface area (Å²) in [5.41, 5.74) is 1.50. The fourth-order valence-corrected chi connectivity index (χ4v) is 3.00. The van der Waals surface area contributed by atoms with Gasteiger partial charge in [-0.25, -0.2) is 9.18 Å². The molecule has 114 valence electrons. The Balaban J connectivity index is 2.13. The first-order valence-electron chi connectivity index (χ1n) is 7.53. The molecule has 1 atom stereocenters. The molecule has 4 heteroatoms. The number of halogens is 1. The van der Waals surface area contributed by atoms with Crippen LogP contribution in [-0.4, -0.2) is 28.6 Å². The van der Waals surface area contributed by atoms with Crippen LogP contribution in [0.2, 0.25) is 0 Å². The molecule has 21 heavy (non-hydrogen) atoms. The van der Waals surface area contributed by atoms with Crippen LogP contribution < -0.4 is 0 Å². The van der Waals surface area contributed by atoms with Crippen molar-refractivity contribution in [3.63, 3.8) is 0 Å². The average molecular weight is 291 g/mol. The van der Waals surface area contributed by atoms with Crippen molar-refractivity contribution in [3.8, 4) is 0 Å². The van der Waals surface area contributed by atoms with Crippen molar-refractivity contribution in [3.05, 3.63) is 41.2 Å². The Morgan fingerprint density at radius 3 is 2.95 bits per heavy atom. The lowest BCUT2D eigenvalue weighted by Crippen LogP contribution is -2.38. The smallest absolute Gasteiger partial charge is 0.328 e. The van der Waals surface area contributed by atoms with Crippen LogP contribution in [0.3, 0.4) is 0 Å². The van der Waals surface area contributed by atoms with Gasteiger partial charge in [-0.3, -0.25) is 4.90 Å². The zero-order chi connectivity index (χ0) is 15.2. The summed E-state index contributed by atoms with van der Waals surface area (Å²) in [7, 11) is 0. The minimum Gasteiger partial charge on any atom is -0.478 e. The Hall–Kier alpha value is -1.68. The summed E-state index contributed by atoms with van der Waals surface area (Å²) in [6, 6.07) is 5.33. The topological polar surface area (TPSA) is 40.5 Å². The molecular formula is C17H22FNO2. The molecule has 3 nitrogen and oxygen atoms in total. The Kier molecular flexibility index (Phi) is 5.51. The lowest BCUT2D eigenvalue weighted by molar-refractivity contribution is -0.131. The third-order valence-electron chi connectivity index (χ3n) is 4.00. The molecule has 0 saturated carbocycles. The van der Waals surface area contributed by atoms with E-state index in [0.717, 1.165) is 31.1 Å². The third-order valence-corrected chi connectivity index (χ3v) is 4.00. The minimum atomic E-state index is -1.03. The fraction of sp³-hybridized carbons (Fsp3) is 0.471. The van der Waals surface area contributed by atoms with Crippen LogP contribution in [0.15, 0.2) is 24.3 Å². The standard InChI is InChI=1S/C17H22FNO2/c1-2-16-5-3-4-8-19(16)12-14-9-13(6-7-17(20)21)10-15(18)11-14/h6-7,9-11,16H,2-5,8,12H2,1H3,(H,20,21). The van der Waals surface area contributed by atoms with Crippen molar-refractivity contribution in [2.24, 2.45) is 0 Å². The number of rotatable bonds is 5. The van der Waals surface area contributed by atoms with Crippen LogP contribution in [0.25, 0.3) is 6.08 Å². The summed E-state index contributed by atoms with van der Waals surface area (Å²) >= 11 is 0. The lowest BCUT2D eigenvalue weighted by Gasteiger charge is -2.35. The maximum absolute atomic E-state index is 13.7. The van der Waals surface area contributed by atoms with Gasteiger partial charge in [-0.2, -0.15) is 0 Å². The first-order valence-corrected chi connectivity index (χ1v) is 7.53. The summed E-state index contributed by atoms with van der Waals surface area (Å²) in [6.07, 6.45) is 7.25. The van der Waals surface area contributed by atoms with Crippen molar-refractivity contribution < 1.29 is 14.3 Å². The van der Waals surface area contributed by atoms with E-state index in [1.165, 1.54) is 31.4 Å². The van der Waals surface area contributed by atoms with Gasteiger partial charge in [0.1, 0.15) is 5.82 Å². The van der Waals surface area contributed by atoms with Gasteiger partial charge >= 0.3 is 5.97 Å². The van der Waals surface area contributed by atoms with Gasteiger partial charge in [0.2, 0.25) is 0 Å². The second kappa shape index (κ2) is 7.36. The molecule has 0 radical (unpaired) electrons. The zero-order valence-corrected chi connectivity index (χ0v) is 12.4. The van der Waals surface area contributed by atoms with Crippen LogP contribution in [0.5, 0.6) is 0 Å². The number of benzene rings is 1. The molecule has 0 aromatic heterocycles. The molecule has 0 aliphatic carbocycles. The van der Waals surface area contributed by atoms with E-state index in [1.807, 2.05) is 6.07 Å². The number of carbonyl (C=O) groups is 1. The molecule has 2 rings (SSSR count). The summed E-state index contributed by atoms with van der Waals surface area (Å²) < 4.78 is 13.7. The maximum Gasteiger partial charge on any atom is 0.328 e. The van der Waals surface area contributed by atoms with Crippen LogP contribution in [-0.2, 0) is 11.3 Å². The van der Waals surface area contributed by atoms with Crippen LogP contribution >= 0.6 is 0 Å². The first kappa shape index (κ1) is 15.7. The largest absolute Gasteiger partial charge is 0.478 e. The molecule has 0 spiro atoms. The predicted molar refractivity (Wildman–Crippen MR) is 81.4 cm³/mol. The monoisotopic (exact) mass is 291 g/mol. The molecule has 1 aromatic rings. The molecule has 1 saturated heterocycles. The zero-order valence-electron chi connectivity index (χ0n) is 12.4. The van der Waals surface area contributed by atoms with Gasteiger partial charge in [0.15, 0.2) is 0 Å². The van der Waals surface area contributed by atoms with Gasteiger partial charge in [0.05, 0.1) is 0 Å². The number of carboxylic acids is 1. The molecule has 1 heterocycles. The number of carboxylic acid groups (broad SMARTS) is 1. The van der Waals surface area contributed by atoms with Gasteiger partial charge in [-0.15, -0.1) is 0 Å². The number of hydrogen-bond acceptors (Lipinski definition) is 2. The molecule has 1 N–H and O–H groups in total. The van der Waals surface area contributed by atoms with Gasteiger partial charge in [-0.05, 0) is 55.1 Å². The fourth-order valence-electron chi connectivity index (χ4n) is 3.00. The highest BCUT2D eigenvalue weighted by molar-refractivity contribution is 5.85. The van der Waals surface area contributed by atoms with Crippen molar-refractivity contribution >= 4 is 12.0 Å². The highest BCUT2D eigenvalue weighted by Gasteiger charge is 2.20. The Labute approximate surface area is 125 Å². The summed E-state index contributed by atoms with van der Waals surface area (Å²) in [5, 5.41) is 8.65. The van der Waals surface area contributed by atoms with Crippen LogP contribution in [0, 0.1) is 5.82 Å². The van der Waals surface area contributed by atoms with E-state index in [0.29, 0.717) is 11.6 Å². The van der Waals surface area contributed by atoms with E-state index < -0.39 is 5.97 Å². The number of likely N-dealkylation sites (tertiary alicyclic amines) is 1. The Morgan fingerprint density at radius 2 is 2.24 bits per heavy atom. The van der Waals surface area contributed by atoms with E-state index in [9.17, 15) is 9.18 Å². The molecular weight excluding hydrogens is 269 g/mol. The summed E-state index contributed by atoms with van der Waals surface area (Å²) in [6.45, 7) is 3.97. The molecule has 1 unspecified atom stereocenters. The predicted octanol–water partition coefficient (Wildman–Crippen LogP) is 3.69. The average Bonchev–Trinajstić information content (AvgIpc) is 2.45. The lowest BCUT2D eigenvalue weighted by atomic mass is 9.99. The summed E-state index contributed by atoms with van der Waals surface area (Å²) in [5.74, 6) is -1.34. The molecule has 1 aliphatic heterocycles. The van der Waals surface area contributed by atoms with Gasteiger partial charge in [0.25, 0.3) is 0 Å². The van der Waals surface area contributed by atoms with E-state index in [1.54, 1.807) is 6.07 Å². The quantitative estimate of drug-likeness (QED) is 0.841. The van der Waals surface area contributed by atoms with Crippen molar-refractivity contribution in [1.82, 2.24) is 4.90 Å². The van der Waals surface area contributed by atoms with Gasteiger partial charge in [-0.1, -0.05) is 19.4 Å². The molecule has 0 bridgehead atoms. The SMILES string of the molecule is CCC1CCCCN1Cc1cc(F)cc(C=CC(=O)O)c1. The minimum absolute atomic E-state index is 0.317. The van der Waals surface area contributed by atoms with Gasteiger partial charge in [0, 0.05) is 18.7 Å². The van der Waals surface area contributed by atoms with Crippen LogP contribution in [0.1, 0.15) is 43.7 Å². The third kappa shape index (κ3) is 4.67. The molecule has 1 aromatic carbocycles. The number of aliphatic carboxylic acids is 1. The van der Waals surface area contributed by atoms with E-state index in [4.69, 9.17) is 5.11 Å². The van der Waals surface area contributed by atoms with Crippen molar-refractivity contribution in [2.45, 2.75) is 45.2 Å². The number of hydrogen-bond donors (Lipinski definition) is 1. The number of piperidine rings is 1. The molecule has 1 aliphatic rings. The van der Waals surface area contributed by atoms with Crippen molar-refractivity contribution in [2.75, 3.05) is 6.54 Å². The highest BCUT2D eigenvalue weighted by Crippen LogP contribution is 2.22. The highest BCUT2D eigenvalue weighted by atomic mass is 19.1. The molecule has 0 amide bonds.